The van der Waals surface area contributed by atoms with Gasteiger partial charge in [-0.25, -0.2) is 0 Å². The molecule has 2 N–H and O–H groups in total. The molecule has 1 aliphatic heterocycles. The number of nitrogens with zero attached hydrogens (tertiary/aromatic N) is 2. The summed E-state index contributed by atoms with van der Waals surface area (Å²) >= 11 is 0. The van der Waals surface area contributed by atoms with Gasteiger partial charge in [0.15, 0.2) is 0 Å². The normalized spacial score (nSPS) is 16.3. The second kappa shape index (κ2) is 5.70. The molecule has 0 aliphatic carbocycles. The fraction of sp³-hybridized carbons (Fsp3) is 0.583. The van der Waals surface area contributed by atoms with Crippen LogP contribution >= 0.6 is 0 Å². The molecule has 0 saturated carbocycles. The lowest BCUT2D eigenvalue weighted by atomic mass is 10.3. The summed E-state index contributed by atoms with van der Waals surface area (Å²) in [5.74, 6) is 0. The summed E-state index contributed by atoms with van der Waals surface area (Å²) < 4.78 is 0. The number of nitrogens with one attached hydrogen (secondary N) is 2. The van der Waals surface area contributed by atoms with Crippen molar-refractivity contribution in [3.05, 3.63) is 18.5 Å². The zero-order chi connectivity index (χ0) is 11.2. The number of hydrogen-bond donors (Lipinski definition) is 2. The van der Waals surface area contributed by atoms with Crippen LogP contribution in [0.2, 0.25) is 0 Å². The SMILES string of the molecule is CNc1cncc(NCCN2CCCC2)c1. The van der Waals surface area contributed by atoms with Gasteiger partial charge in [-0.2, -0.15) is 0 Å². The lowest BCUT2D eigenvalue weighted by Gasteiger charge is -2.15. The predicted molar refractivity (Wildman–Crippen MR) is 67.9 cm³/mol. The highest BCUT2D eigenvalue weighted by molar-refractivity contribution is 5.53. The van der Waals surface area contributed by atoms with Crippen LogP contribution in [0.1, 0.15) is 12.8 Å². The van der Waals surface area contributed by atoms with Crippen molar-refractivity contribution in [1.82, 2.24) is 9.88 Å². The van der Waals surface area contributed by atoms with Crippen LogP contribution in [0, 0.1) is 0 Å². The topological polar surface area (TPSA) is 40.2 Å². The van der Waals surface area contributed by atoms with E-state index in [0.717, 1.165) is 24.5 Å². The second-order valence-corrected chi connectivity index (χ2v) is 4.19. The molecule has 0 amide bonds. The van der Waals surface area contributed by atoms with E-state index in [0.29, 0.717) is 0 Å². The minimum atomic E-state index is 0.995. The van der Waals surface area contributed by atoms with Crippen LogP contribution in [-0.2, 0) is 0 Å². The van der Waals surface area contributed by atoms with E-state index in [1.165, 1.54) is 25.9 Å². The number of hydrogen-bond acceptors (Lipinski definition) is 4. The fourth-order valence-corrected chi connectivity index (χ4v) is 2.04. The Morgan fingerprint density at radius 2 is 2.00 bits per heavy atom. The van der Waals surface area contributed by atoms with Crippen LogP contribution in [0.5, 0.6) is 0 Å². The van der Waals surface area contributed by atoms with Gasteiger partial charge in [-0.3, -0.25) is 4.98 Å². The molecule has 0 bridgehead atoms. The highest BCUT2D eigenvalue weighted by Gasteiger charge is 2.09. The average Bonchev–Trinajstić information content (AvgIpc) is 2.82. The van der Waals surface area contributed by atoms with E-state index in [1.54, 1.807) is 0 Å². The minimum Gasteiger partial charge on any atom is -0.387 e. The maximum atomic E-state index is 4.17. The second-order valence-electron chi connectivity index (χ2n) is 4.19. The fourth-order valence-electron chi connectivity index (χ4n) is 2.04. The summed E-state index contributed by atoms with van der Waals surface area (Å²) in [6, 6.07) is 2.08. The zero-order valence-electron chi connectivity index (χ0n) is 9.87. The monoisotopic (exact) mass is 220 g/mol. The summed E-state index contributed by atoms with van der Waals surface area (Å²) in [7, 11) is 1.91. The van der Waals surface area contributed by atoms with Crippen molar-refractivity contribution in [3.8, 4) is 0 Å². The van der Waals surface area contributed by atoms with Crippen LogP contribution in [0.4, 0.5) is 11.4 Å². The molecule has 0 unspecified atom stereocenters. The van der Waals surface area contributed by atoms with Crippen molar-refractivity contribution in [1.29, 1.82) is 0 Å². The molecule has 2 rings (SSSR count). The molecule has 16 heavy (non-hydrogen) atoms. The highest BCUT2D eigenvalue weighted by atomic mass is 15.1. The van der Waals surface area contributed by atoms with Gasteiger partial charge in [0.25, 0.3) is 0 Å². The van der Waals surface area contributed by atoms with Crippen LogP contribution in [0.15, 0.2) is 18.5 Å². The molecule has 4 nitrogen and oxygen atoms in total. The number of rotatable bonds is 5. The Bertz CT molecular complexity index is 321. The summed E-state index contributed by atoms with van der Waals surface area (Å²) in [5.41, 5.74) is 2.14. The first-order valence-electron chi connectivity index (χ1n) is 5.97. The van der Waals surface area contributed by atoms with Gasteiger partial charge in [0, 0.05) is 20.1 Å². The molecule has 0 spiro atoms. The molecule has 2 heterocycles. The molecule has 1 fully saturated rings. The number of pyridine rings is 1. The molecule has 1 aromatic heterocycles. The summed E-state index contributed by atoms with van der Waals surface area (Å²) in [6.07, 6.45) is 6.41. The Labute approximate surface area is 97.1 Å². The number of anilines is 2. The van der Waals surface area contributed by atoms with Gasteiger partial charge in [0.2, 0.25) is 0 Å². The largest absolute Gasteiger partial charge is 0.387 e. The van der Waals surface area contributed by atoms with Gasteiger partial charge in [-0.15, -0.1) is 0 Å². The van der Waals surface area contributed by atoms with Crippen molar-refractivity contribution in [2.24, 2.45) is 0 Å². The van der Waals surface area contributed by atoms with Crippen LogP contribution < -0.4 is 10.6 Å². The van der Waals surface area contributed by atoms with E-state index in [9.17, 15) is 0 Å². The van der Waals surface area contributed by atoms with Crippen molar-refractivity contribution >= 4 is 11.4 Å². The molecular weight excluding hydrogens is 200 g/mol. The van der Waals surface area contributed by atoms with E-state index in [-0.39, 0.29) is 0 Å². The van der Waals surface area contributed by atoms with Gasteiger partial charge in [-0.1, -0.05) is 0 Å². The molecule has 0 aromatic carbocycles. The van der Waals surface area contributed by atoms with Gasteiger partial charge in [0.05, 0.1) is 23.8 Å². The molecule has 0 atom stereocenters. The van der Waals surface area contributed by atoms with Gasteiger partial charge in [0.1, 0.15) is 0 Å². The van der Waals surface area contributed by atoms with E-state index in [4.69, 9.17) is 0 Å². The predicted octanol–water partition coefficient (Wildman–Crippen LogP) is 1.63. The summed E-state index contributed by atoms with van der Waals surface area (Å²) in [6.45, 7) is 4.64. The van der Waals surface area contributed by atoms with Gasteiger partial charge < -0.3 is 15.5 Å². The van der Waals surface area contributed by atoms with E-state index < -0.39 is 0 Å². The molecule has 1 aliphatic rings. The Kier molecular flexibility index (Phi) is 3.99. The summed E-state index contributed by atoms with van der Waals surface area (Å²) in [4.78, 5) is 6.67. The standard InChI is InChI=1S/C12H20N4/c1-13-11-8-12(10-14-9-11)15-4-7-16-5-2-3-6-16/h8-10,13,15H,2-7H2,1H3. The third-order valence-electron chi connectivity index (χ3n) is 2.98. The molecule has 1 aromatic rings. The minimum absolute atomic E-state index is 0.995. The maximum Gasteiger partial charge on any atom is 0.0547 e. The van der Waals surface area contributed by atoms with Crippen LogP contribution in [-0.4, -0.2) is 43.1 Å². The van der Waals surface area contributed by atoms with Crippen molar-refractivity contribution in [2.75, 3.05) is 43.9 Å². The third kappa shape index (κ3) is 3.10. The van der Waals surface area contributed by atoms with Crippen LogP contribution in [0.25, 0.3) is 0 Å². The van der Waals surface area contributed by atoms with E-state index >= 15 is 0 Å². The van der Waals surface area contributed by atoms with Crippen molar-refractivity contribution in [2.45, 2.75) is 12.8 Å². The smallest absolute Gasteiger partial charge is 0.0547 e. The van der Waals surface area contributed by atoms with Crippen LogP contribution in [0.3, 0.4) is 0 Å². The third-order valence-corrected chi connectivity index (χ3v) is 2.98. The van der Waals surface area contributed by atoms with Gasteiger partial charge >= 0.3 is 0 Å². The molecular formula is C12H20N4. The first-order valence-corrected chi connectivity index (χ1v) is 5.97. The Hall–Kier alpha value is -1.29. The Morgan fingerprint density at radius 3 is 2.75 bits per heavy atom. The zero-order valence-corrected chi connectivity index (χ0v) is 9.87. The molecule has 0 radical (unpaired) electrons. The molecule has 88 valence electrons. The van der Waals surface area contributed by atoms with Gasteiger partial charge in [-0.05, 0) is 32.0 Å². The maximum absolute atomic E-state index is 4.17. The number of aromatic nitrogens is 1. The molecule has 1 saturated heterocycles. The quantitative estimate of drug-likeness (QED) is 0.791. The lowest BCUT2D eigenvalue weighted by Crippen LogP contribution is -2.25. The highest BCUT2D eigenvalue weighted by Crippen LogP contribution is 2.12. The van der Waals surface area contributed by atoms with Crippen molar-refractivity contribution < 1.29 is 0 Å². The first-order chi connectivity index (χ1) is 7.88. The van der Waals surface area contributed by atoms with E-state index in [1.807, 2.05) is 19.4 Å². The average molecular weight is 220 g/mol. The first kappa shape index (κ1) is 11.2. The van der Waals surface area contributed by atoms with Crippen molar-refractivity contribution in [3.63, 3.8) is 0 Å². The Morgan fingerprint density at radius 1 is 1.25 bits per heavy atom. The summed E-state index contributed by atoms with van der Waals surface area (Å²) in [5, 5.41) is 6.49. The number of likely N-dealkylation sites (tertiary alicyclic amines) is 1. The lowest BCUT2D eigenvalue weighted by molar-refractivity contribution is 0.352. The molecule has 4 heteroatoms. The Balaban J connectivity index is 1.75. The van der Waals surface area contributed by atoms with E-state index in [2.05, 4.69) is 26.6 Å².